The summed E-state index contributed by atoms with van der Waals surface area (Å²) in [6.07, 6.45) is 0.928. The van der Waals surface area contributed by atoms with Gasteiger partial charge in [-0.2, -0.15) is 13.2 Å². The number of carbonyl (C=O) groups is 1. The van der Waals surface area contributed by atoms with Crippen LogP contribution < -0.4 is 10.6 Å². The third-order valence-corrected chi connectivity index (χ3v) is 6.89. The van der Waals surface area contributed by atoms with Crippen molar-refractivity contribution in [2.24, 2.45) is 23.5 Å². The molecule has 2 bridgehead atoms. The van der Waals surface area contributed by atoms with Gasteiger partial charge in [0, 0.05) is 43.8 Å². The number of hydrogen-bond acceptors (Lipinski definition) is 3. The van der Waals surface area contributed by atoms with Gasteiger partial charge in [0.05, 0.1) is 5.56 Å². The van der Waals surface area contributed by atoms with E-state index in [1.165, 1.54) is 18.6 Å². The first kappa shape index (κ1) is 19.6. The van der Waals surface area contributed by atoms with Crippen molar-refractivity contribution in [3.05, 3.63) is 29.8 Å². The van der Waals surface area contributed by atoms with Gasteiger partial charge in [0.2, 0.25) is 5.91 Å². The molecular weight excluding hydrogens is 367 g/mol. The first-order valence-corrected chi connectivity index (χ1v) is 10.3. The zero-order valence-corrected chi connectivity index (χ0v) is 16.0. The normalized spacial score (nSPS) is 31.0. The number of rotatable bonds is 2. The van der Waals surface area contributed by atoms with E-state index in [0.717, 1.165) is 31.7 Å². The molecule has 1 aliphatic heterocycles. The maximum Gasteiger partial charge on any atom is 0.416 e. The fourth-order valence-corrected chi connectivity index (χ4v) is 5.31. The number of amides is 1. The Balaban J connectivity index is 1.36. The largest absolute Gasteiger partial charge is 0.416 e. The van der Waals surface area contributed by atoms with Gasteiger partial charge in [-0.3, -0.25) is 4.79 Å². The lowest BCUT2D eigenvalue weighted by atomic mass is 9.65. The second kappa shape index (κ2) is 7.58. The molecular formula is C21H28F3N3O. The number of piperazine rings is 1. The lowest BCUT2D eigenvalue weighted by Gasteiger charge is -2.45. The molecule has 2 unspecified atom stereocenters. The summed E-state index contributed by atoms with van der Waals surface area (Å²) in [5, 5.41) is 0. The number of alkyl halides is 3. The third kappa shape index (κ3) is 3.86. The van der Waals surface area contributed by atoms with Gasteiger partial charge in [-0.1, -0.05) is 12.5 Å². The Morgan fingerprint density at radius 3 is 2.29 bits per heavy atom. The smallest absolute Gasteiger partial charge is 0.368 e. The van der Waals surface area contributed by atoms with Crippen molar-refractivity contribution in [3.63, 3.8) is 0 Å². The van der Waals surface area contributed by atoms with Crippen molar-refractivity contribution in [2.75, 3.05) is 31.1 Å². The molecule has 2 atom stereocenters. The van der Waals surface area contributed by atoms with Crippen LogP contribution in [0, 0.1) is 17.8 Å². The molecule has 0 spiro atoms. The van der Waals surface area contributed by atoms with Crippen LogP contribution >= 0.6 is 0 Å². The quantitative estimate of drug-likeness (QED) is 0.834. The molecule has 1 heterocycles. The summed E-state index contributed by atoms with van der Waals surface area (Å²) in [6.45, 7) is 2.25. The van der Waals surface area contributed by atoms with Crippen LogP contribution in [0.5, 0.6) is 0 Å². The number of nitrogens with zero attached hydrogens (tertiary/aromatic N) is 2. The van der Waals surface area contributed by atoms with Crippen LogP contribution in [0.25, 0.3) is 0 Å². The van der Waals surface area contributed by atoms with E-state index >= 15 is 0 Å². The Labute approximate surface area is 163 Å². The van der Waals surface area contributed by atoms with Crippen LogP contribution in [0.4, 0.5) is 18.9 Å². The van der Waals surface area contributed by atoms with E-state index in [9.17, 15) is 18.0 Å². The van der Waals surface area contributed by atoms with Gasteiger partial charge in [-0.15, -0.1) is 0 Å². The molecule has 7 heteroatoms. The zero-order valence-electron chi connectivity index (χ0n) is 16.0. The minimum Gasteiger partial charge on any atom is -0.368 e. The fraction of sp³-hybridized carbons (Fsp3) is 0.667. The van der Waals surface area contributed by atoms with Crippen LogP contribution in [0.2, 0.25) is 0 Å². The van der Waals surface area contributed by atoms with Crippen LogP contribution in [0.15, 0.2) is 24.3 Å². The van der Waals surface area contributed by atoms with Crippen LogP contribution in [0.3, 0.4) is 0 Å². The van der Waals surface area contributed by atoms with E-state index < -0.39 is 11.7 Å². The van der Waals surface area contributed by atoms with Crippen molar-refractivity contribution in [1.29, 1.82) is 0 Å². The van der Waals surface area contributed by atoms with Crippen LogP contribution in [-0.4, -0.2) is 43.0 Å². The van der Waals surface area contributed by atoms with Crippen molar-refractivity contribution in [1.82, 2.24) is 4.90 Å². The van der Waals surface area contributed by atoms with E-state index in [4.69, 9.17) is 5.73 Å². The molecule has 1 aromatic carbocycles. The molecule has 3 aliphatic rings. The molecule has 154 valence electrons. The molecule has 1 aromatic rings. The number of nitrogens with two attached hydrogens (primary N) is 1. The van der Waals surface area contributed by atoms with Crippen LogP contribution in [-0.2, 0) is 11.0 Å². The van der Waals surface area contributed by atoms with Crippen molar-refractivity contribution in [2.45, 2.75) is 44.3 Å². The first-order valence-electron chi connectivity index (χ1n) is 10.3. The number of anilines is 1. The van der Waals surface area contributed by atoms with Crippen LogP contribution in [0.1, 0.15) is 37.7 Å². The van der Waals surface area contributed by atoms with Gasteiger partial charge in [0.25, 0.3) is 0 Å². The monoisotopic (exact) mass is 395 g/mol. The average Bonchev–Trinajstić information content (AvgIpc) is 2.67. The summed E-state index contributed by atoms with van der Waals surface area (Å²) in [4.78, 5) is 16.9. The standard InChI is InChI=1S/C21H28F3N3O/c22-21(23,24)17-5-2-6-18(13-17)26-7-9-27(10-8-26)20(28)16-11-14-3-1-4-15(12-16)19(14)25/h2,5-6,13-16,19H,1,3-4,7-12,25H2. The van der Waals surface area contributed by atoms with E-state index in [0.29, 0.717) is 43.7 Å². The maximum absolute atomic E-state index is 13.0. The molecule has 0 aromatic heterocycles. The Bertz CT molecular complexity index is 701. The summed E-state index contributed by atoms with van der Waals surface area (Å²) in [5.41, 5.74) is 6.28. The highest BCUT2D eigenvalue weighted by Gasteiger charge is 2.42. The minimum absolute atomic E-state index is 0.0650. The molecule has 2 aliphatic carbocycles. The van der Waals surface area contributed by atoms with Gasteiger partial charge in [0.15, 0.2) is 0 Å². The minimum atomic E-state index is -4.34. The first-order chi connectivity index (χ1) is 13.3. The summed E-state index contributed by atoms with van der Waals surface area (Å²) in [6, 6.07) is 5.68. The molecule has 4 nitrogen and oxygen atoms in total. The second-order valence-corrected chi connectivity index (χ2v) is 8.56. The second-order valence-electron chi connectivity index (χ2n) is 8.56. The number of halogens is 3. The Hall–Kier alpha value is -1.76. The number of benzene rings is 1. The predicted octanol–water partition coefficient (Wildman–Crippen LogP) is 3.51. The molecule has 1 saturated heterocycles. The van der Waals surface area contributed by atoms with E-state index in [2.05, 4.69) is 0 Å². The van der Waals surface area contributed by atoms with Crippen molar-refractivity contribution in [3.8, 4) is 0 Å². The fourth-order valence-electron chi connectivity index (χ4n) is 5.31. The predicted molar refractivity (Wildman–Crippen MR) is 102 cm³/mol. The third-order valence-electron chi connectivity index (χ3n) is 6.89. The summed E-state index contributed by atoms with van der Waals surface area (Å²) in [7, 11) is 0. The Morgan fingerprint density at radius 2 is 1.68 bits per heavy atom. The lowest BCUT2D eigenvalue weighted by molar-refractivity contribution is -0.139. The molecule has 1 amide bonds. The number of fused-ring (bicyclic) bond motifs is 2. The SMILES string of the molecule is NC1C2CCCC1CC(C(=O)N1CCN(c3cccc(C(F)(F)F)c3)CC1)C2. The van der Waals surface area contributed by atoms with Crippen molar-refractivity contribution < 1.29 is 18.0 Å². The van der Waals surface area contributed by atoms with Gasteiger partial charge in [0.1, 0.15) is 0 Å². The molecule has 3 fully saturated rings. The van der Waals surface area contributed by atoms with Gasteiger partial charge in [-0.25, -0.2) is 0 Å². The average molecular weight is 395 g/mol. The lowest BCUT2D eigenvalue weighted by Crippen LogP contribution is -2.53. The molecule has 2 saturated carbocycles. The highest BCUT2D eigenvalue weighted by molar-refractivity contribution is 5.79. The zero-order chi connectivity index (χ0) is 19.9. The Morgan fingerprint density at radius 1 is 1.04 bits per heavy atom. The van der Waals surface area contributed by atoms with Crippen molar-refractivity contribution >= 4 is 11.6 Å². The highest BCUT2D eigenvalue weighted by atomic mass is 19.4. The van der Waals surface area contributed by atoms with E-state index in [1.807, 2.05) is 9.80 Å². The maximum atomic E-state index is 13.0. The highest BCUT2D eigenvalue weighted by Crippen LogP contribution is 2.42. The molecule has 2 N–H and O–H groups in total. The number of carbonyl (C=O) groups excluding carboxylic acids is 1. The molecule has 4 rings (SSSR count). The number of hydrogen-bond donors (Lipinski definition) is 1. The van der Waals surface area contributed by atoms with Gasteiger partial charge >= 0.3 is 6.18 Å². The summed E-state index contributed by atoms with van der Waals surface area (Å²) in [5.74, 6) is 1.21. The van der Waals surface area contributed by atoms with E-state index in [1.54, 1.807) is 6.07 Å². The summed E-state index contributed by atoms with van der Waals surface area (Å²) >= 11 is 0. The molecule has 28 heavy (non-hydrogen) atoms. The van der Waals surface area contributed by atoms with Gasteiger partial charge < -0.3 is 15.5 Å². The van der Waals surface area contributed by atoms with E-state index in [-0.39, 0.29) is 17.9 Å². The topological polar surface area (TPSA) is 49.6 Å². The Kier molecular flexibility index (Phi) is 5.29. The van der Waals surface area contributed by atoms with Gasteiger partial charge in [-0.05, 0) is 55.7 Å². The summed E-state index contributed by atoms with van der Waals surface area (Å²) < 4.78 is 38.9. The molecule has 0 radical (unpaired) electrons.